The highest BCUT2D eigenvalue weighted by Crippen LogP contribution is 2.72. The van der Waals surface area contributed by atoms with Crippen molar-refractivity contribution in [2.24, 2.45) is 34.5 Å². The summed E-state index contributed by atoms with van der Waals surface area (Å²) < 4.78 is 0. The number of aliphatic hydroxyl groups excluding tert-OH is 1. The minimum absolute atomic E-state index is 0.280. The highest BCUT2D eigenvalue weighted by Gasteiger charge is 2.66. The molecule has 0 unspecified atom stereocenters. The van der Waals surface area contributed by atoms with Gasteiger partial charge in [-0.05, 0) is 65.7 Å². The standard InChI is InChI=1S/C21H30O/c1-20(2)12-7-13-21(3)16-11-10-15(17(16)20)18(21)19(22)14-8-5-4-6-9-14/h4-6,8-9,15-19,22H,7,10-13H2,1-3H3/t15-,16+,17-,18+,19-,21-/m0/s1. The molecule has 0 heterocycles. The van der Waals surface area contributed by atoms with Crippen molar-refractivity contribution in [2.75, 3.05) is 0 Å². The molecule has 3 fully saturated rings. The average molecular weight is 298 g/mol. The fourth-order valence-corrected chi connectivity index (χ4v) is 6.93. The summed E-state index contributed by atoms with van der Waals surface area (Å²) in [7, 11) is 0. The lowest BCUT2D eigenvalue weighted by molar-refractivity contribution is -0.0229. The molecule has 3 saturated carbocycles. The Kier molecular flexibility index (Phi) is 3.24. The van der Waals surface area contributed by atoms with E-state index >= 15 is 0 Å². The molecular formula is C21H30O. The van der Waals surface area contributed by atoms with Crippen LogP contribution in [-0.4, -0.2) is 5.11 Å². The van der Waals surface area contributed by atoms with E-state index in [0.717, 1.165) is 23.3 Å². The molecule has 0 spiro atoms. The SMILES string of the molecule is CC1(C)CCC[C@]2(C)[C@@H]([C@@H](O)c3ccccc3)[C@H]3CC[C@@H]2[C@H]31. The molecule has 0 aromatic heterocycles. The number of hydrogen-bond donors (Lipinski definition) is 1. The van der Waals surface area contributed by atoms with Crippen LogP contribution in [-0.2, 0) is 0 Å². The van der Waals surface area contributed by atoms with Crippen molar-refractivity contribution in [3.05, 3.63) is 35.9 Å². The van der Waals surface area contributed by atoms with E-state index in [2.05, 4.69) is 45.0 Å². The minimum Gasteiger partial charge on any atom is -0.388 e. The Morgan fingerprint density at radius 1 is 1.05 bits per heavy atom. The first-order valence-electron chi connectivity index (χ1n) is 9.18. The second-order valence-corrected chi connectivity index (χ2v) is 9.10. The number of aliphatic hydroxyl groups is 1. The summed E-state index contributed by atoms with van der Waals surface area (Å²) in [6, 6.07) is 10.4. The fourth-order valence-electron chi connectivity index (χ4n) is 6.93. The Labute approximate surface area is 135 Å². The maximum Gasteiger partial charge on any atom is 0.0826 e. The van der Waals surface area contributed by atoms with Crippen LogP contribution >= 0.6 is 0 Å². The van der Waals surface area contributed by atoms with Gasteiger partial charge in [0.15, 0.2) is 0 Å². The summed E-state index contributed by atoms with van der Waals surface area (Å²) in [5.74, 6) is 2.83. The molecule has 1 aromatic carbocycles. The van der Waals surface area contributed by atoms with Crippen LogP contribution in [0.15, 0.2) is 30.3 Å². The Morgan fingerprint density at radius 3 is 2.50 bits per heavy atom. The Bertz CT molecular complexity index is 548. The lowest BCUT2D eigenvalue weighted by Crippen LogP contribution is -2.37. The van der Waals surface area contributed by atoms with Crippen LogP contribution in [0.25, 0.3) is 0 Å². The van der Waals surface area contributed by atoms with Crippen LogP contribution in [0, 0.1) is 34.5 Å². The highest BCUT2D eigenvalue weighted by molar-refractivity contribution is 5.23. The van der Waals surface area contributed by atoms with Crippen LogP contribution in [0.5, 0.6) is 0 Å². The normalized spacial score (nSPS) is 43.8. The second kappa shape index (κ2) is 4.84. The third-order valence-electron chi connectivity index (χ3n) is 7.70. The van der Waals surface area contributed by atoms with Gasteiger partial charge in [-0.1, -0.05) is 57.5 Å². The van der Waals surface area contributed by atoms with Crippen LogP contribution < -0.4 is 0 Å². The lowest BCUT2D eigenvalue weighted by atomic mass is 9.62. The zero-order chi connectivity index (χ0) is 15.5. The third-order valence-corrected chi connectivity index (χ3v) is 7.70. The van der Waals surface area contributed by atoms with Gasteiger partial charge in [0.05, 0.1) is 6.10 Å². The van der Waals surface area contributed by atoms with E-state index in [1.165, 1.54) is 32.1 Å². The molecule has 0 amide bonds. The van der Waals surface area contributed by atoms with Crippen molar-refractivity contribution in [3.8, 4) is 0 Å². The van der Waals surface area contributed by atoms with Crippen LogP contribution in [0.2, 0.25) is 0 Å². The van der Waals surface area contributed by atoms with Gasteiger partial charge in [-0.15, -0.1) is 0 Å². The van der Waals surface area contributed by atoms with E-state index in [-0.39, 0.29) is 6.10 Å². The van der Waals surface area contributed by atoms with Crippen molar-refractivity contribution in [3.63, 3.8) is 0 Å². The Hall–Kier alpha value is -0.820. The molecule has 4 rings (SSSR count). The Balaban J connectivity index is 1.75. The molecule has 0 radical (unpaired) electrons. The quantitative estimate of drug-likeness (QED) is 0.794. The first-order chi connectivity index (χ1) is 10.5. The number of hydrogen-bond acceptors (Lipinski definition) is 1. The predicted molar refractivity (Wildman–Crippen MR) is 90.3 cm³/mol. The number of benzene rings is 1. The average Bonchev–Trinajstić information content (AvgIpc) is 2.99. The molecule has 22 heavy (non-hydrogen) atoms. The Morgan fingerprint density at radius 2 is 1.77 bits per heavy atom. The van der Waals surface area contributed by atoms with Gasteiger partial charge in [0, 0.05) is 0 Å². The van der Waals surface area contributed by atoms with Crippen molar-refractivity contribution in [1.82, 2.24) is 0 Å². The summed E-state index contributed by atoms with van der Waals surface area (Å²) in [5, 5.41) is 11.2. The molecule has 0 saturated heterocycles. The highest BCUT2D eigenvalue weighted by atomic mass is 16.3. The van der Waals surface area contributed by atoms with Gasteiger partial charge in [-0.3, -0.25) is 0 Å². The summed E-state index contributed by atoms with van der Waals surface area (Å²) in [6.07, 6.45) is 6.46. The largest absolute Gasteiger partial charge is 0.388 e. The van der Waals surface area contributed by atoms with Gasteiger partial charge >= 0.3 is 0 Å². The summed E-state index contributed by atoms with van der Waals surface area (Å²) in [5.41, 5.74) is 1.93. The van der Waals surface area contributed by atoms with E-state index in [0.29, 0.717) is 16.7 Å². The zero-order valence-corrected chi connectivity index (χ0v) is 14.3. The van der Waals surface area contributed by atoms with E-state index in [4.69, 9.17) is 0 Å². The molecule has 6 atom stereocenters. The van der Waals surface area contributed by atoms with Crippen LogP contribution in [0.3, 0.4) is 0 Å². The molecule has 3 aliphatic carbocycles. The van der Waals surface area contributed by atoms with Crippen molar-refractivity contribution >= 4 is 0 Å². The van der Waals surface area contributed by atoms with Crippen molar-refractivity contribution < 1.29 is 5.11 Å². The van der Waals surface area contributed by atoms with Gasteiger partial charge in [-0.2, -0.15) is 0 Å². The smallest absolute Gasteiger partial charge is 0.0826 e. The molecule has 1 N–H and O–H groups in total. The summed E-state index contributed by atoms with van der Waals surface area (Å²) >= 11 is 0. The lowest BCUT2D eigenvalue weighted by Gasteiger charge is -2.44. The van der Waals surface area contributed by atoms with Gasteiger partial charge < -0.3 is 5.11 Å². The topological polar surface area (TPSA) is 20.2 Å². The summed E-state index contributed by atoms with van der Waals surface area (Å²) in [6.45, 7) is 7.49. The first kappa shape index (κ1) is 14.8. The molecule has 120 valence electrons. The molecule has 1 heteroatoms. The van der Waals surface area contributed by atoms with Gasteiger partial charge in [-0.25, -0.2) is 0 Å². The van der Waals surface area contributed by atoms with Gasteiger partial charge in [0.25, 0.3) is 0 Å². The predicted octanol–water partition coefficient (Wildman–Crippen LogP) is 5.21. The second-order valence-electron chi connectivity index (χ2n) is 9.10. The molecule has 1 nitrogen and oxygen atoms in total. The van der Waals surface area contributed by atoms with Crippen LogP contribution in [0.1, 0.15) is 64.5 Å². The number of rotatable bonds is 2. The van der Waals surface area contributed by atoms with Crippen molar-refractivity contribution in [1.29, 1.82) is 0 Å². The van der Waals surface area contributed by atoms with Crippen molar-refractivity contribution in [2.45, 2.75) is 59.0 Å². The van der Waals surface area contributed by atoms with E-state index in [1.54, 1.807) is 0 Å². The molecule has 4 bridgehead atoms. The van der Waals surface area contributed by atoms with E-state index in [1.807, 2.05) is 6.07 Å². The molecule has 1 aromatic rings. The molecular weight excluding hydrogens is 268 g/mol. The minimum atomic E-state index is -0.280. The fraction of sp³-hybridized carbons (Fsp3) is 0.714. The summed E-state index contributed by atoms with van der Waals surface area (Å²) in [4.78, 5) is 0. The molecule has 3 aliphatic rings. The first-order valence-corrected chi connectivity index (χ1v) is 9.18. The van der Waals surface area contributed by atoms with Gasteiger partial charge in [0.1, 0.15) is 0 Å². The monoisotopic (exact) mass is 298 g/mol. The van der Waals surface area contributed by atoms with Crippen LogP contribution in [0.4, 0.5) is 0 Å². The zero-order valence-electron chi connectivity index (χ0n) is 14.3. The third kappa shape index (κ3) is 1.87. The van der Waals surface area contributed by atoms with Gasteiger partial charge in [0.2, 0.25) is 0 Å². The maximum atomic E-state index is 11.2. The van der Waals surface area contributed by atoms with E-state index in [9.17, 15) is 5.11 Å². The van der Waals surface area contributed by atoms with E-state index < -0.39 is 0 Å². The molecule has 0 aliphatic heterocycles. The maximum absolute atomic E-state index is 11.2.